The minimum atomic E-state index is -3.30. The van der Waals surface area contributed by atoms with Gasteiger partial charge in [0.1, 0.15) is 0 Å². The van der Waals surface area contributed by atoms with E-state index >= 15 is 0 Å². The van der Waals surface area contributed by atoms with Gasteiger partial charge in [-0.1, -0.05) is 0 Å². The lowest BCUT2D eigenvalue weighted by Crippen LogP contribution is -2.45. The van der Waals surface area contributed by atoms with Gasteiger partial charge in [-0.2, -0.15) is 0 Å². The number of likely N-dealkylation sites (tertiary alicyclic amines) is 2. The van der Waals surface area contributed by atoms with Crippen molar-refractivity contribution in [2.45, 2.75) is 51.1 Å². The molecule has 0 aromatic heterocycles. The average Bonchev–Trinajstić information content (AvgIpc) is 3.27. The Morgan fingerprint density at radius 1 is 1.07 bits per heavy atom. The van der Waals surface area contributed by atoms with Crippen molar-refractivity contribution in [1.82, 2.24) is 9.80 Å². The third-order valence-corrected chi connectivity index (χ3v) is 7.52. The van der Waals surface area contributed by atoms with Crippen LogP contribution in [0.4, 0.5) is 5.69 Å². The molecule has 3 aliphatic heterocycles. The molecule has 2 saturated heterocycles. The molecule has 1 aromatic rings. The molecular weight excluding hydrogens is 362 g/mol. The fourth-order valence-electron chi connectivity index (χ4n) is 4.96. The van der Waals surface area contributed by atoms with Crippen LogP contribution in [0.1, 0.15) is 48.5 Å². The molecular formula is C20H29N3O3S. The maximum atomic E-state index is 13.0. The van der Waals surface area contributed by atoms with Crippen molar-refractivity contribution < 1.29 is 13.2 Å². The number of carbonyl (C=O) groups is 1. The Morgan fingerprint density at radius 3 is 2.37 bits per heavy atom. The number of benzene rings is 1. The van der Waals surface area contributed by atoms with E-state index in [1.807, 2.05) is 17.9 Å². The van der Waals surface area contributed by atoms with Crippen LogP contribution < -0.4 is 4.31 Å². The molecule has 0 radical (unpaired) electrons. The Balaban J connectivity index is 1.46. The Kier molecular flexibility index (Phi) is 4.93. The van der Waals surface area contributed by atoms with Gasteiger partial charge in [0.05, 0.1) is 11.9 Å². The van der Waals surface area contributed by atoms with Crippen LogP contribution >= 0.6 is 0 Å². The highest BCUT2D eigenvalue weighted by molar-refractivity contribution is 7.92. The molecule has 2 fully saturated rings. The van der Waals surface area contributed by atoms with Gasteiger partial charge in [-0.15, -0.1) is 0 Å². The van der Waals surface area contributed by atoms with Crippen molar-refractivity contribution in [2.75, 3.05) is 36.7 Å². The Bertz CT molecular complexity index is 825. The van der Waals surface area contributed by atoms with Crippen LogP contribution in [0.25, 0.3) is 0 Å². The molecule has 3 aliphatic rings. The number of hydrogen-bond donors (Lipinski definition) is 0. The second-order valence-corrected chi connectivity index (χ2v) is 10.1. The van der Waals surface area contributed by atoms with Gasteiger partial charge in [-0.05, 0) is 75.9 Å². The van der Waals surface area contributed by atoms with E-state index in [9.17, 15) is 13.2 Å². The number of amides is 1. The topological polar surface area (TPSA) is 60.9 Å². The van der Waals surface area contributed by atoms with E-state index in [1.165, 1.54) is 36.5 Å². The van der Waals surface area contributed by atoms with E-state index in [1.54, 1.807) is 12.1 Å². The Labute approximate surface area is 162 Å². The SMILES string of the molecule is CC1Cc2cc(C(=O)N3CCC(N4CCCC4)CC3)ccc2N1S(C)(=O)=O. The van der Waals surface area contributed by atoms with Gasteiger partial charge in [0, 0.05) is 30.7 Å². The van der Waals surface area contributed by atoms with Gasteiger partial charge < -0.3 is 9.80 Å². The molecule has 1 unspecified atom stereocenters. The lowest BCUT2D eigenvalue weighted by molar-refractivity contribution is 0.0644. The summed E-state index contributed by atoms with van der Waals surface area (Å²) in [6, 6.07) is 6.00. The minimum absolute atomic E-state index is 0.0723. The van der Waals surface area contributed by atoms with Crippen molar-refractivity contribution in [2.24, 2.45) is 0 Å². The largest absolute Gasteiger partial charge is 0.339 e. The molecule has 4 rings (SSSR count). The molecule has 0 aliphatic carbocycles. The number of fused-ring (bicyclic) bond motifs is 1. The van der Waals surface area contributed by atoms with Crippen molar-refractivity contribution in [3.05, 3.63) is 29.3 Å². The highest BCUT2D eigenvalue weighted by atomic mass is 32.2. The summed E-state index contributed by atoms with van der Waals surface area (Å²) >= 11 is 0. The van der Waals surface area contributed by atoms with Crippen LogP contribution in [0.5, 0.6) is 0 Å². The van der Waals surface area contributed by atoms with E-state index in [4.69, 9.17) is 0 Å². The van der Waals surface area contributed by atoms with Gasteiger partial charge in [-0.25, -0.2) is 8.42 Å². The smallest absolute Gasteiger partial charge is 0.253 e. The molecule has 6 nitrogen and oxygen atoms in total. The Hall–Kier alpha value is -1.60. The third kappa shape index (κ3) is 3.59. The molecule has 0 spiro atoms. The van der Waals surface area contributed by atoms with E-state index in [0.29, 0.717) is 23.7 Å². The molecule has 0 saturated carbocycles. The summed E-state index contributed by atoms with van der Waals surface area (Å²) in [4.78, 5) is 17.5. The molecule has 3 heterocycles. The number of rotatable bonds is 3. The van der Waals surface area contributed by atoms with Gasteiger partial charge >= 0.3 is 0 Å². The first kappa shape index (κ1) is 18.7. The van der Waals surface area contributed by atoms with E-state index in [0.717, 1.165) is 31.5 Å². The number of sulfonamides is 1. The van der Waals surface area contributed by atoms with E-state index in [2.05, 4.69) is 4.90 Å². The first-order chi connectivity index (χ1) is 12.8. The van der Waals surface area contributed by atoms with E-state index in [-0.39, 0.29) is 11.9 Å². The van der Waals surface area contributed by atoms with Gasteiger partial charge in [0.25, 0.3) is 5.91 Å². The number of nitrogens with zero attached hydrogens (tertiary/aromatic N) is 3. The summed E-state index contributed by atoms with van der Waals surface area (Å²) in [6.45, 7) is 5.94. The zero-order chi connectivity index (χ0) is 19.2. The van der Waals surface area contributed by atoms with Crippen LogP contribution in [0.15, 0.2) is 18.2 Å². The monoisotopic (exact) mass is 391 g/mol. The fraction of sp³-hybridized carbons (Fsp3) is 0.650. The summed E-state index contributed by atoms with van der Waals surface area (Å²) in [5.41, 5.74) is 2.34. The molecule has 27 heavy (non-hydrogen) atoms. The van der Waals surface area contributed by atoms with Crippen LogP contribution in [0.3, 0.4) is 0 Å². The van der Waals surface area contributed by atoms with Gasteiger partial charge in [0.15, 0.2) is 0 Å². The van der Waals surface area contributed by atoms with Gasteiger partial charge in [0.2, 0.25) is 10.0 Å². The van der Waals surface area contributed by atoms with Crippen molar-refractivity contribution >= 4 is 21.6 Å². The molecule has 1 atom stereocenters. The van der Waals surface area contributed by atoms with Gasteiger partial charge in [-0.3, -0.25) is 9.10 Å². The lowest BCUT2D eigenvalue weighted by Gasteiger charge is -2.36. The van der Waals surface area contributed by atoms with Crippen molar-refractivity contribution in [1.29, 1.82) is 0 Å². The zero-order valence-electron chi connectivity index (χ0n) is 16.2. The standard InChI is InChI=1S/C20H29N3O3S/c1-15-13-17-14-16(5-6-19(17)23(15)27(2,25)26)20(24)22-11-7-18(8-12-22)21-9-3-4-10-21/h5-6,14-15,18H,3-4,7-13H2,1-2H3. The van der Waals surface area contributed by atoms with Crippen molar-refractivity contribution in [3.8, 4) is 0 Å². The second-order valence-electron chi connectivity index (χ2n) is 8.22. The third-order valence-electron chi connectivity index (χ3n) is 6.25. The van der Waals surface area contributed by atoms with Crippen LogP contribution in [-0.4, -0.2) is 68.6 Å². The van der Waals surface area contributed by atoms with Crippen LogP contribution in [0.2, 0.25) is 0 Å². The van der Waals surface area contributed by atoms with Crippen molar-refractivity contribution in [3.63, 3.8) is 0 Å². The summed E-state index contributed by atoms with van der Waals surface area (Å²) in [5.74, 6) is 0.0723. The summed E-state index contributed by atoms with van der Waals surface area (Å²) in [7, 11) is -3.30. The summed E-state index contributed by atoms with van der Waals surface area (Å²) in [6.07, 6.45) is 6.60. The molecule has 1 aromatic carbocycles. The first-order valence-corrected chi connectivity index (χ1v) is 11.8. The number of hydrogen-bond acceptors (Lipinski definition) is 4. The lowest BCUT2D eigenvalue weighted by atomic mass is 10.0. The fourth-order valence-corrected chi connectivity index (χ4v) is 6.23. The molecule has 0 bridgehead atoms. The predicted molar refractivity (Wildman–Crippen MR) is 107 cm³/mol. The quantitative estimate of drug-likeness (QED) is 0.792. The average molecular weight is 392 g/mol. The normalized spacial score (nSPS) is 24.4. The number of piperidine rings is 1. The number of anilines is 1. The minimum Gasteiger partial charge on any atom is -0.339 e. The molecule has 0 N–H and O–H groups in total. The maximum absolute atomic E-state index is 13.0. The Morgan fingerprint density at radius 2 is 1.74 bits per heavy atom. The van der Waals surface area contributed by atoms with Crippen LogP contribution in [0, 0.1) is 0 Å². The second kappa shape index (κ2) is 7.09. The summed E-state index contributed by atoms with van der Waals surface area (Å²) in [5, 5.41) is 0. The first-order valence-electron chi connectivity index (χ1n) is 10.0. The predicted octanol–water partition coefficient (Wildman–Crippen LogP) is 2.10. The van der Waals surface area contributed by atoms with E-state index < -0.39 is 10.0 Å². The zero-order valence-corrected chi connectivity index (χ0v) is 17.0. The maximum Gasteiger partial charge on any atom is 0.253 e. The highest BCUT2D eigenvalue weighted by Crippen LogP contribution is 2.35. The van der Waals surface area contributed by atoms with Crippen LogP contribution in [-0.2, 0) is 16.4 Å². The number of carbonyl (C=O) groups excluding carboxylic acids is 1. The summed E-state index contributed by atoms with van der Waals surface area (Å²) < 4.78 is 25.6. The molecule has 1 amide bonds. The highest BCUT2D eigenvalue weighted by Gasteiger charge is 2.34. The molecule has 7 heteroatoms. The molecule has 148 valence electrons.